The van der Waals surface area contributed by atoms with Gasteiger partial charge in [0.1, 0.15) is 5.82 Å². The Balaban J connectivity index is 1.78. The lowest BCUT2D eigenvalue weighted by Crippen LogP contribution is -2.22. The van der Waals surface area contributed by atoms with Crippen LogP contribution in [0.15, 0.2) is 18.2 Å². The van der Waals surface area contributed by atoms with Gasteiger partial charge >= 0.3 is 0 Å². The first-order chi connectivity index (χ1) is 7.75. The van der Waals surface area contributed by atoms with Gasteiger partial charge in [-0.3, -0.25) is 0 Å². The van der Waals surface area contributed by atoms with E-state index in [1.54, 1.807) is 13.0 Å². The predicted octanol–water partition coefficient (Wildman–Crippen LogP) is 2.26. The molecule has 1 fully saturated rings. The molecule has 0 aliphatic carbocycles. The summed E-state index contributed by atoms with van der Waals surface area (Å²) in [5.41, 5.74) is 1.70. The minimum atomic E-state index is -0.122. The van der Waals surface area contributed by atoms with Crippen molar-refractivity contribution >= 4 is 0 Å². The maximum Gasteiger partial charge on any atom is 0.126 e. The van der Waals surface area contributed by atoms with Gasteiger partial charge in [-0.1, -0.05) is 12.1 Å². The molecule has 0 aromatic heterocycles. The lowest BCUT2D eigenvalue weighted by atomic mass is 10.1. The molecule has 1 atom stereocenters. The largest absolute Gasteiger partial charge is 0.381 e. The van der Waals surface area contributed by atoms with Gasteiger partial charge in [0.25, 0.3) is 0 Å². The first kappa shape index (κ1) is 11.6. The highest BCUT2D eigenvalue weighted by molar-refractivity contribution is 5.23. The molecule has 1 heterocycles. The highest BCUT2D eigenvalue weighted by Gasteiger charge is 2.14. The molecule has 0 amide bonds. The Bertz CT molecular complexity index is 348. The fourth-order valence-electron chi connectivity index (χ4n) is 1.91. The van der Waals surface area contributed by atoms with Crippen molar-refractivity contribution in [3.63, 3.8) is 0 Å². The van der Waals surface area contributed by atoms with Crippen molar-refractivity contribution < 1.29 is 9.13 Å². The Morgan fingerprint density at radius 2 is 2.38 bits per heavy atom. The fourth-order valence-corrected chi connectivity index (χ4v) is 1.91. The molecule has 1 N–H and O–H groups in total. The lowest BCUT2D eigenvalue weighted by Gasteiger charge is -2.09. The normalized spacial score (nSPS) is 20.2. The number of nitrogens with one attached hydrogen (secondary N) is 1. The number of halogens is 1. The topological polar surface area (TPSA) is 21.3 Å². The Morgan fingerprint density at radius 1 is 1.50 bits per heavy atom. The summed E-state index contributed by atoms with van der Waals surface area (Å²) >= 11 is 0. The first-order valence-corrected chi connectivity index (χ1v) is 5.79. The van der Waals surface area contributed by atoms with Crippen LogP contribution in [0, 0.1) is 18.7 Å². The molecule has 1 saturated heterocycles. The van der Waals surface area contributed by atoms with Crippen molar-refractivity contribution in [3.8, 4) is 0 Å². The van der Waals surface area contributed by atoms with Crippen molar-refractivity contribution in [1.82, 2.24) is 5.32 Å². The molecule has 3 heteroatoms. The molecule has 0 radical (unpaired) electrons. The van der Waals surface area contributed by atoms with E-state index >= 15 is 0 Å². The predicted molar refractivity (Wildman–Crippen MR) is 61.8 cm³/mol. The third-order valence-corrected chi connectivity index (χ3v) is 3.02. The summed E-state index contributed by atoms with van der Waals surface area (Å²) in [5, 5.41) is 3.34. The Kier molecular flexibility index (Phi) is 3.91. The minimum Gasteiger partial charge on any atom is -0.381 e. The lowest BCUT2D eigenvalue weighted by molar-refractivity contribution is 0.185. The average Bonchev–Trinajstić information content (AvgIpc) is 2.76. The zero-order chi connectivity index (χ0) is 11.4. The van der Waals surface area contributed by atoms with Crippen molar-refractivity contribution in [3.05, 3.63) is 35.1 Å². The summed E-state index contributed by atoms with van der Waals surface area (Å²) in [6.07, 6.45) is 1.13. The highest BCUT2D eigenvalue weighted by Crippen LogP contribution is 2.12. The van der Waals surface area contributed by atoms with Gasteiger partial charge in [-0.15, -0.1) is 0 Å². The van der Waals surface area contributed by atoms with Gasteiger partial charge in [-0.25, -0.2) is 4.39 Å². The standard InChI is InChI=1S/C13H18FNO/c1-10-2-3-11(6-13(10)14)7-15-8-12-4-5-16-9-12/h2-3,6,12,15H,4-5,7-9H2,1H3. The first-order valence-electron chi connectivity index (χ1n) is 5.79. The Morgan fingerprint density at radius 3 is 3.06 bits per heavy atom. The molecule has 1 aliphatic heterocycles. The van der Waals surface area contributed by atoms with Crippen LogP contribution >= 0.6 is 0 Å². The molecule has 0 bridgehead atoms. The average molecular weight is 223 g/mol. The van der Waals surface area contributed by atoms with Crippen molar-refractivity contribution in [2.75, 3.05) is 19.8 Å². The SMILES string of the molecule is Cc1ccc(CNCC2CCOC2)cc1F. The van der Waals surface area contributed by atoms with E-state index in [2.05, 4.69) is 5.32 Å². The molecule has 2 rings (SSSR count). The van der Waals surface area contributed by atoms with Crippen LogP contribution in [0.4, 0.5) is 4.39 Å². The van der Waals surface area contributed by atoms with Gasteiger partial charge < -0.3 is 10.1 Å². The number of aryl methyl sites for hydroxylation is 1. The molecule has 1 aromatic rings. The number of hydrogen-bond donors (Lipinski definition) is 1. The van der Waals surface area contributed by atoms with Gasteiger partial charge in [0, 0.05) is 19.7 Å². The van der Waals surface area contributed by atoms with Crippen LogP contribution in [0.2, 0.25) is 0 Å². The van der Waals surface area contributed by atoms with Crippen LogP contribution in [-0.4, -0.2) is 19.8 Å². The molecule has 0 saturated carbocycles. The van der Waals surface area contributed by atoms with Crippen molar-refractivity contribution in [1.29, 1.82) is 0 Å². The van der Waals surface area contributed by atoms with Gasteiger partial charge in [-0.2, -0.15) is 0 Å². The summed E-state index contributed by atoms with van der Waals surface area (Å²) in [5.74, 6) is 0.499. The summed E-state index contributed by atoms with van der Waals surface area (Å²) in [7, 11) is 0. The van der Waals surface area contributed by atoms with E-state index in [-0.39, 0.29) is 5.82 Å². The van der Waals surface area contributed by atoms with Gasteiger partial charge in [0.2, 0.25) is 0 Å². The Labute approximate surface area is 95.8 Å². The molecule has 2 nitrogen and oxygen atoms in total. The fraction of sp³-hybridized carbons (Fsp3) is 0.538. The highest BCUT2D eigenvalue weighted by atomic mass is 19.1. The van der Waals surface area contributed by atoms with Crippen LogP contribution in [-0.2, 0) is 11.3 Å². The van der Waals surface area contributed by atoms with Gasteiger partial charge in [0.05, 0.1) is 6.61 Å². The third kappa shape index (κ3) is 3.03. The molecule has 1 aliphatic rings. The summed E-state index contributed by atoms with van der Waals surface area (Å²) in [6.45, 7) is 5.20. The third-order valence-electron chi connectivity index (χ3n) is 3.02. The summed E-state index contributed by atoms with van der Waals surface area (Å²) in [4.78, 5) is 0. The smallest absolute Gasteiger partial charge is 0.126 e. The molecule has 16 heavy (non-hydrogen) atoms. The molecule has 88 valence electrons. The van der Waals surface area contributed by atoms with Crippen LogP contribution < -0.4 is 5.32 Å². The van der Waals surface area contributed by atoms with Crippen LogP contribution in [0.1, 0.15) is 17.5 Å². The molecular weight excluding hydrogens is 205 g/mol. The van der Waals surface area contributed by atoms with Gasteiger partial charge in [0.15, 0.2) is 0 Å². The number of hydrogen-bond acceptors (Lipinski definition) is 2. The maximum absolute atomic E-state index is 13.3. The van der Waals surface area contributed by atoms with E-state index in [1.807, 2.05) is 12.1 Å². The van der Waals surface area contributed by atoms with Crippen LogP contribution in [0.25, 0.3) is 0 Å². The molecule has 1 aromatic carbocycles. The second-order valence-corrected chi connectivity index (χ2v) is 4.44. The zero-order valence-electron chi connectivity index (χ0n) is 9.63. The molecule has 1 unspecified atom stereocenters. The van der Waals surface area contributed by atoms with Crippen molar-refractivity contribution in [2.24, 2.45) is 5.92 Å². The summed E-state index contributed by atoms with van der Waals surface area (Å²) in [6, 6.07) is 5.40. The van der Waals surface area contributed by atoms with Crippen molar-refractivity contribution in [2.45, 2.75) is 19.9 Å². The van der Waals surface area contributed by atoms with Crippen LogP contribution in [0.5, 0.6) is 0 Å². The van der Waals surface area contributed by atoms with Crippen LogP contribution in [0.3, 0.4) is 0 Å². The number of benzene rings is 1. The number of rotatable bonds is 4. The van der Waals surface area contributed by atoms with E-state index in [1.165, 1.54) is 0 Å². The van der Waals surface area contributed by atoms with E-state index in [9.17, 15) is 4.39 Å². The van der Waals surface area contributed by atoms with E-state index in [0.717, 1.165) is 38.3 Å². The minimum absolute atomic E-state index is 0.122. The quantitative estimate of drug-likeness (QED) is 0.845. The zero-order valence-corrected chi connectivity index (χ0v) is 9.63. The summed E-state index contributed by atoms with van der Waals surface area (Å²) < 4.78 is 18.6. The Hall–Kier alpha value is -0.930. The van der Waals surface area contributed by atoms with E-state index in [4.69, 9.17) is 4.74 Å². The van der Waals surface area contributed by atoms with Gasteiger partial charge in [-0.05, 0) is 36.5 Å². The number of ether oxygens (including phenoxy) is 1. The monoisotopic (exact) mass is 223 g/mol. The second-order valence-electron chi connectivity index (χ2n) is 4.44. The van der Waals surface area contributed by atoms with E-state index in [0.29, 0.717) is 11.5 Å². The van der Waals surface area contributed by atoms with E-state index < -0.39 is 0 Å². The molecular formula is C13H18FNO. The second kappa shape index (κ2) is 5.41. The molecule has 0 spiro atoms. The maximum atomic E-state index is 13.3.